The van der Waals surface area contributed by atoms with Gasteiger partial charge in [0.25, 0.3) is 0 Å². The van der Waals surface area contributed by atoms with Gasteiger partial charge in [0.05, 0.1) is 0 Å². The molecule has 2 fully saturated rings. The zero-order valence-electron chi connectivity index (χ0n) is 13.1. The molecule has 2 N–H and O–H groups in total. The zero-order valence-corrected chi connectivity index (χ0v) is 13.1. The summed E-state index contributed by atoms with van der Waals surface area (Å²) in [4.78, 5) is 8.98. The molecule has 2 aliphatic rings. The largest absolute Gasteiger partial charge is 0.356 e. The second kappa shape index (κ2) is 6.03. The fourth-order valence-electron chi connectivity index (χ4n) is 2.14. The second-order valence-electron chi connectivity index (χ2n) is 6.72. The van der Waals surface area contributed by atoms with Gasteiger partial charge in [-0.05, 0) is 31.1 Å². The monoisotopic (exact) mass is 291 g/mol. The van der Waals surface area contributed by atoms with Crippen molar-refractivity contribution in [3.8, 4) is 0 Å². The number of rotatable bonds is 6. The van der Waals surface area contributed by atoms with E-state index < -0.39 is 0 Å². The first kappa shape index (κ1) is 14.4. The average Bonchev–Trinajstić information content (AvgIpc) is 3.35. The van der Waals surface area contributed by atoms with E-state index in [9.17, 15) is 0 Å². The van der Waals surface area contributed by atoms with E-state index in [1.807, 2.05) is 0 Å². The number of aromatic nitrogens is 2. The number of nitrogens with zero attached hydrogens (tertiary/aromatic N) is 3. The summed E-state index contributed by atoms with van der Waals surface area (Å²) < 4.78 is 5.26. The molecule has 0 unspecified atom stereocenters. The molecule has 0 bridgehead atoms. The molecule has 2 saturated carbocycles. The van der Waals surface area contributed by atoms with Crippen LogP contribution in [0.3, 0.4) is 0 Å². The first-order valence-electron chi connectivity index (χ1n) is 7.99. The Morgan fingerprint density at radius 3 is 2.81 bits per heavy atom. The van der Waals surface area contributed by atoms with E-state index in [0.29, 0.717) is 30.3 Å². The number of hydrogen-bond donors (Lipinski definition) is 2. The van der Waals surface area contributed by atoms with Crippen molar-refractivity contribution in [2.75, 3.05) is 6.54 Å². The third-order valence-corrected chi connectivity index (χ3v) is 3.91. The van der Waals surface area contributed by atoms with E-state index in [0.717, 1.165) is 24.2 Å². The highest BCUT2D eigenvalue weighted by Crippen LogP contribution is 2.38. The van der Waals surface area contributed by atoms with Crippen molar-refractivity contribution in [2.24, 2.45) is 16.8 Å². The van der Waals surface area contributed by atoms with Crippen LogP contribution >= 0.6 is 0 Å². The normalized spacial score (nSPS) is 25.2. The van der Waals surface area contributed by atoms with Gasteiger partial charge in [-0.3, -0.25) is 0 Å². The topological polar surface area (TPSA) is 75.3 Å². The lowest BCUT2D eigenvalue weighted by atomic mass is 10.2. The number of hydrogen-bond acceptors (Lipinski definition) is 4. The molecule has 6 nitrogen and oxygen atoms in total. The molecule has 1 aromatic rings. The Bertz CT molecular complexity index is 506. The van der Waals surface area contributed by atoms with Crippen LogP contribution < -0.4 is 10.6 Å². The van der Waals surface area contributed by atoms with Gasteiger partial charge >= 0.3 is 0 Å². The van der Waals surface area contributed by atoms with Crippen LogP contribution in [0.4, 0.5) is 0 Å². The Morgan fingerprint density at radius 1 is 1.43 bits per heavy atom. The van der Waals surface area contributed by atoms with Crippen LogP contribution in [0.5, 0.6) is 0 Å². The van der Waals surface area contributed by atoms with Gasteiger partial charge < -0.3 is 15.2 Å². The van der Waals surface area contributed by atoms with Gasteiger partial charge in [-0.1, -0.05) is 25.9 Å². The Hall–Kier alpha value is -1.59. The molecule has 0 aromatic carbocycles. The van der Waals surface area contributed by atoms with E-state index >= 15 is 0 Å². The van der Waals surface area contributed by atoms with E-state index in [1.54, 1.807) is 0 Å². The molecule has 0 spiro atoms. The zero-order chi connectivity index (χ0) is 14.8. The third kappa shape index (κ3) is 4.19. The van der Waals surface area contributed by atoms with E-state index in [2.05, 4.69) is 46.5 Å². The predicted molar refractivity (Wildman–Crippen MR) is 81.0 cm³/mol. The smallest absolute Gasteiger partial charge is 0.248 e. The Morgan fingerprint density at radius 2 is 2.19 bits per heavy atom. The van der Waals surface area contributed by atoms with Gasteiger partial charge in [0.15, 0.2) is 11.8 Å². The van der Waals surface area contributed by atoms with Crippen LogP contribution in [0, 0.1) is 11.8 Å². The average molecular weight is 291 g/mol. The summed E-state index contributed by atoms with van der Waals surface area (Å²) in [5.74, 6) is 4.14. The third-order valence-electron chi connectivity index (χ3n) is 3.91. The number of aliphatic imine (C=N–C) groups is 1. The maximum atomic E-state index is 5.26. The molecule has 0 radical (unpaired) electrons. The fraction of sp³-hybridized carbons (Fsp3) is 0.800. The molecular formula is C15H25N5O. The van der Waals surface area contributed by atoms with Gasteiger partial charge in [-0.15, -0.1) is 0 Å². The van der Waals surface area contributed by atoms with Crippen molar-refractivity contribution in [1.82, 2.24) is 20.8 Å². The van der Waals surface area contributed by atoms with Crippen LogP contribution in [0.1, 0.15) is 57.7 Å². The van der Waals surface area contributed by atoms with Crippen molar-refractivity contribution in [3.63, 3.8) is 0 Å². The Labute approximate surface area is 125 Å². The molecule has 0 saturated heterocycles. The van der Waals surface area contributed by atoms with Crippen molar-refractivity contribution < 1.29 is 4.52 Å². The molecule has 3 rings (SSSR count). The maximum Gasteiger partial charge on any atom is 0.248 e. The summed E-state index contributed by atoms with van der Waals surface area (Å²) in [6, 6.07) is 0.549. The molecular weight excluding hydrogens is 266 g/mol. The van der Waals surface area contributed by atoms with Crippen LogP contribution in [-0.4, -0.2) is 28.7 Å². The molecule has 0 amide bonds. The van der Waals surface area contributed by atoms with Crippen molar-refractivity contribution in [3.05, 3.63) is 11.7 Å². The van der Waals surface area contributed by atoms with E-state index in [1.165, 1.54) is 19.3 Å². The molecule has 1 heterocycles. The quantitative estimate of drug-likeness (QED) is 0.620. The first-order valence-corrected chi connectivity index (χ1v) is 7.99. The van der Waals surface area contributed by atoms with Gasteiger partial charge in [0.1, 0.15) is 6.54 Å². The van der Waals surface area contributed by atoms with Crippen molar-refractivity contribution in [1.29, 1.82) is 0 Å². The summed E-state index contributed by atoms with van der Waals surface area (Å²) in [7, 11) is 0. The predicted octanol–water partition coefficient (Wildman–Crippen LogP) is 2.05. The molecule has 1 aromatic heterocycles. The van der Waals surface area contributed by atoms with Gasteiger partial charge in [-0.25, -0.2) is 4.99 Å². The van der Waals surface area contributed by atoms with Gasteiger partial charge in [0, 0.05) is 18.5 Å². The van der Waals surface area contributed by atoms with E-state index in [4.69, 9.17) is 4.52 Å². The summed E-state index contributed by atoms with van der Waals surface area (Å²) in [6.45, 7) is 7.96. The molecule has 116 valence electrons. The highest BCUT2D eigenvalue weighted by atomic mass is 16.5. The molecule has 2 aliphatic carbocycles. The fourth-order valence-corrected chi connectivity index (χ4v) is 2.14. The lowest BCUT2D eigenvalue weighted by Crippen LogP contribution is -2.40. The summed E-state index contributed by atoms with van der Waals surface area (Å²) >= 11 is 0. The second-order valence-corrected chi connectivity index (χ2v) is 6.72. The van der Waals surface area contributed by atoms with E-state index in [-0.39, 0.29) is 0 Å². The Kier molecular flexibility index (Phi) is 4.12. The molecule has 21 heavy (non-hydrogen) atoms. The lowest BCUT2D eigenvalue weighted by Gasteiger charge is -2.13. The summed E-state index contributed by atoms with van der Waals surface area (Å²) in [6.07, 6.45) is 3.59. The minimum atomic E-state index is 0.439. The minimum Gasteiger partial charge on any atom is -0.356 e. The van der Waals surface area contributed by atoms with Gasteiger partial charge in [0.2, 0.25) is 5.89 Å². The number of guanidine groups is 1. The summed E-state index contributed by atoms with van der Waals surface area (Å²) in [5, 5.41) is 10.8. The van der Waals surface area contributed by atoms with Crippen molar-refractivity contribution >= 4 is 5.96 Å². The van der Waals surface area contributed by atoms with Crippen molar-refractivity contribution in [2.45, 2.75) is 58.5 Å². The highest BCUT2D eigenvalue weighted by Gasteiger charge is 2.33. The minimum absolute atomic E-state index is 0.439. The van der Waals surface area contributed by atoms with Crippen LogP contribution in [0.2, 0.25) is 0 Å². The summed E-state index contributed by atoms with van der Waals surface area (Å²) in [5.41, 5.74) is 0. The Balaban J connectivity index is 1.56. The van der Waals surface area contributed by atoms with Crippen LogP contribution in [0.15, 0.2) is 9.52 Å². The molecule has 6 heteroatoms. The highest BCUT2D eigenvalue weighted by molar-refractivity contribution is 5.80. The number of nitrogens with one attached hydrogen (secondary N) is 2. The van der Waals surface area contributed by atoms with Crippen LogP contribution in [0.25, 0.3) is 0 Å². The van der Waals surface area contributed by atoms with Crippen LogP contribution in [-0.2, 0) is 6.54 Å². The first-order chi connectivity index (χ1) is 10.1. The standard InChI is InChI=1S/C15H25N5O/c1-9(2)7-16-15(18-12-6-10(12)3)17-8-13-19-14(20-21-13)11-4-5-11/h9-12H,4-8H2,1-3H3,(H2,16,17,18)/t10-,12-/m1/s1. The SMILES string of the molecule is CC(C)CNC(=NCc1nc(C2CC2)no1)N[C@@H]1C[C@H]1C. The van der Waals surface area contributed by atoms with Gasteiger partial charge in [-0.2, -0.15) is 4.98 Å². The lowest BCUT2D eigenvalue weighted by molar-refractivity contribution is 0.374. The maximum absolute atomic E-state index is 5.26. The molecule has 0 aliphatic heterocycles. The molecule has 2 atom stereocenters.